The molecule has 0 radical (unpaired) electrons. The normalized spacial score (nSPS) is 36.1. The van der Waals surface area contributed by atoms with Gasteiger partial charge in [0.15, 0.2) is 0 Å². The van der Waals surface area contributed by atoms with E-state index < -0.39 is 0 Å². The minimum atomic E-state index is -0.109. The monoisotopic (exact) mass is 224 g/mol. The largest absolute Gasteiger partial charge is 0.306 e. The molecule has 4 heteroatoms. The van der Waals surface area contributed by atoms with Crippen molar-refractivity contribution in [3.63, 3.8) is 0 Å². The molecule has 90 valence electrons. The third kappa shape index (κ3) is 1.75. The van der Waals surface area contributed by atoms with Crippen molar-refractivity contribution in [2.45, 2.75) is 26.7 Å². The molecule has 4 nitrogen and oxygen atoms in total. The molecule has 2 aliphatic heterocycles. The summed E-state index contributed by atoms with van der Waals surface area (Å²) in [6, 6.07) is 0. The molecule has 2 heterocycles. The molecule has 2 saturated heterocycles. The highest BCUT2D eigenvalue weighted by Crippen LogP contribution is 2.45. The van der Waals surface area contributed by atoms with Crippen molar-refractivity contribution < 1.29 is 9.59 Å². The fourth-order valence-corrected chi connectivity index (χ4v) is 3.48. The van der Waals surface area contributed by atoms with E-state index in [9.17, 15) is 9.59 Å². The molecule has 0 bridgehead atoms. The van der Waals surface area contributed by atoms with E-state index in [4.69, 9.17) is 0 Å². The van der Waals surface area contributed by atoms with Gasteiger partial charge < -0.3 is 4.90 Å². The van der Waals surface area contributed by atoms with Crippen molar-refractivity contribution in [3.8, 4) is 0 Å². The fraction of sp³-hybridized carbons (Fsp3) is 0.833. The predicted octanol–water partition coefficient (Wildman–Crippen LogP) is 0.627. The van der Waals surface area contributed by atoms with Gasteiger partial charge in [-0.3, -0.25) is 14.9 Å². The molecule has 2 aliphatic rings. The molecule has 2 amide bonds. The van der Waals surface area contributed by atoms with Crippen LogP contribution in [0, 0.1) is 17.3 Å². The first-order chi connectivity index (χ1) is 7.44. The second kappa shape index (κ2) is 3.84. The summed E-state index contributed by atoms with van der Waals surface area (Å²) in [5, 5.41) is 2.48. The Balaban J connectivity index is 2.31. The maximum absolute atomic E-state index is 12.0. The lowest BCUT2D eigenvalue weighted by Gasteiger charge is -2.41. The van der Waals surface area contributed by atoms with Crippen molar-refractivity contribution in [1.29, 1.82) is 0 Å². The number of amides is 2. The average molecular weight is 224 g/mol. The van der Waals surface area contributed by atoms with Crippen LogP contribution < -0.4 is 5.32 Å². The molecule has 0 aromatic rings. The van der Waals surface area contributed by atoms with E-state index in [-0.39, 0.29) is 23.1 Å². The molecule has 2 unspecified atom stereocenters. The average Bonchev–Trinajstić information content (AvgIpc) is 2.44. The standard InChI is InChI=1S/C12H20N2O2/c1-8(2)10-11(16)13-9(15)6-12(10)4-5-14(3)7-12/h8,10H,4-7H2,1-3H3,(H,13,15,16). The Labute approximate surface area is 96.4 Å². The summed E-state index contributed by atoms with van der Waals surface area (Å²) in [6.45, 7) is 6.00. The highest BCUT2D eigenvalue weighted by atomic mass is 16.2. The van der Waals surface area contributed by atoms with E-state index in [0.717, 1.165) is 19.5 Å². The van der Waals surface area contributed by atoms with Crippen LogP contribution in [-0.4, -0.2) is 36.9 Å². The quantitative estimate of drug-likeness (QED) is 0.665. The Hall–Kier alpha value is -0.900. The SMILES string of the molecule is CC(C)C1C(=O)NC(=O)CC12CCN(C)C2. The van der Waals surface area contributed by atoms with Crippen molar-refractivity contribution >= 4 is 11.8 Å². The first kappa shape index (κ1) is 11.6. The molecule has 2 fully saturated rings. The van der Waals surface area contributed by atoms with E-state index in [1.165, 1.54) is 0 Å². The van der Waals surface area contributed by atoms with Crippen LogP contribution in [0.25, 0.3) is 0 Å². The minimum absolute atomic E-state index is 0.0184. The Kier molecular flexibility index (Phi) is 2.78. The van der Waals surface area contributed by atoms with Gasteiger partial charge in [-0.2, -0.15) is 0 Å². The fourth-order valence-electron chi connectivity index (χ4n) is 3.48. The van der Waals surface area contributed by atoms with Gasteiger partial charge in [-0.1, -0.05) is 13.8 Å². The smallest absolute Gasteiger partial charge is 0.230 e. The molecule has 1 N–H and O–H groups in total. The van der Waals surface area contributed by atoms with Crippen LogP contribution >= 0.6 is 0 Å². The number of likely N-dealkylation sites (tertiary alicyclic amines) is 1. The van der Waals surface area contributed by atoms with E-state index in [0.29, 0.717) is 12.3 Å². The van der Waals surface area contributed by atoms with Gasteiger partial charge in [0.1, 0.15) is 0 Å². The number of carbonyl (C=O) groups is 2. The van der Waals surface area contributed by atoms with Gasteiger partial charge in [-0.05, 0) is 25.9 Å². The molecule has 0 aromatic carbocycles. The molecule has 0 aliphatic carbocycles. The number of hydrogen-bond acceptors (Lipinski definition) is 3. The molecule has 2 rings (SSSR count). The summed E-state index contributed by atoms with van der Waals surface area (Å²) >= 11 is 0. The Bertz CT molecular complexity index is 327. The van der Waals surface area contributed by atoms with Gasteiger partial charge >= 0.3 is 0 Å². The Morgan fingerprint density at radius 2 is 2.12 bits per heavy atom. The summed E-state index contributed by atoms with van der Waals surface area (Å²) in [7, 11) is 2.06. The number of piperidine rings is 1. The summed E-state index contributed by atoms with van der Waals surface area (Å²) in [6.07, 6.45) is 1.47. The van der Waals surface area contributed by atoms with E-state index in [1.807, 2.05) is 0 Å². The van der Waals surface area contributed by atoms with Crippen LogP contribution in [0.2, 0.25) is 0 Å². The number of rotatable bonds is 1. The lowest BCUT2D eigenvalue weighted by atomic mass is 9.65. The predicted molar refractivity (Wildman–Crippen MR) is 60.6 cm³/mol. The first-order valence-electron chi connectivity index (χ1n) is 5.97. The van der Waals surface area contributed by atoms with Crippen molar-refractivity contribution in [1.82, 2.24) is 10.2 Å². The minimum Gasteiger partial charge on any atom is -0.306 e. The van der Waals surface area contributed by atoms with Crippen LogP contribution in [0.3, 0.4) is 0 Å². The number of carbonyl (C=O) groups excluding carboxylic acids is 2. The topological polar surface area (TPSA) is 49.4 Å². The second-order valence-electron chi connectivity index (χ2n) is 5.66. The van der Waals surface area contributed by atoms with E-state index >= 15 is 0 Å². The number of hydrogen-bond donors (Lipinski definition) is 1. The van der Waals surface area contributed by atoms with Crippen LogP contribution in [0.4, 0.5) is 0 Å². The molecule has 1 spiro atoms. The lowest BCUT2D eigenvalue weighted by Crippen LogP contribution is -2.54. The molecular weight excluding hydrogens is 204 g/mol. The zero-order chi connectivity index (χ0) is 11.9. The maximum atomic E-state index is 12.0. The molecule has 0 saturated carbocycles. The maximum Gasteiger partial charge on any atom is 0.230 e. The third-order valence-electron chi connectivity index (χ3n) is 3.96. The Morgan fingerprint density at radius 3 is 2.62 bits per heavy atom. The van der Waals surface area contributed by atoms with Gasteiger partial charge in [0.2, 0.25) is 11.8 Å². The van der Waals surface area contributed by atoms with Gasteiger partial charge in [0.25, 0.3) is 0 Å². The molecular formula is C12H20N2O2. The van der Waals surface area contributed by atoms with Crippen LogP contribution in [0.1, 0.15) is 26.7 Å². The third-order valence-corrected chi connectivity index (χ3v) is 3.96. The van der Waals surface area contributed by atoms with Crippen LogP contribution in [-0.2, 0) is 9.59 Å². The number of nitrogens with zero attached hydrogens (tertiary/aromatic N) is 1. The Morgan fingerprint density at radius 1 is 1.44 bits per heavy atom. The van der Waals surface area contributed by atoms with Crippen molar-refractivity contribution in [2.24, 2.45) is 17.3 Å². The summed E-state index contributed by atoms with van der Waals surface area (Å²) in [5.74, 6) is 0.105. The molecule has 16 heavy (non-hydrogen) atoms. The van der Waals surface area contributed by atoms with Crippen LogP contribution in [0.15, 0.2) is 0 Å². The summed E-state index contributed by atoms with van der Waals surface area (Å²) < 4.78 is 0. The molecule has 0 aromatic heterocycles. The zero-order valence-corrected chi connectivity index (χ0v) is 10.2. The highest BCUT2D eigenvalue weighted by Gasteiger charge is 2.52. The van der Waals surface area contributed by atoms with Crippen molar-refractivity contribution in [3.05, 3.63) is 0 Å². The van der Waals surface area contributed by atoms with Gasteiger partial charge in [0, 0.05) is 24.3 Å². The summed E-state index contributed by atoms with van der Waals surface area (Å²) in [4.78, 5) is 25.7. The molecule has 2 atom stereocenters. The first-order valence-corrected chi connectivity index (χ1v) is 5.97. The lowest BCUT2D eigenvalue weighted by molar-refractivity contribution is -0.145. The number of imide groups is 1. The second-order valence-corrected chi connectivity index (χ2v) is 5.66. The van der Waals surface area contributed by atoms with Crippen molar-refractivity contribution in [2.75, 3.05) is 20.1 Å². The van der Waals surface area contributed by atoms with Gasteiger partial charge in [-0.15, -0.1) is 0 Å². The zero-order valence-electron chi connectivity index (χ0n) is 10.2. The highest BCUT2D eigenvalue weighted by molar-refractivity contribution is 6.00. The summed E-state index contributed by atoms with van der Waals surface area (Å²) in [5.41, 5.74) is -0.109. The van der Waals surface area contributed by atoms with E-state index in [1.54, 1.807) is 0 Å². The van der Waals surface area contributed by atoms with Crippen LogP contribution in [0.5, 0.6) is 0 Å². The van der Waals surface area contributed by atoms with Gasteiger partial charge in [-0.25, -0.2) is 0 Å². The number of nitrogens with one attached hydrogen (secondary N) is 1. The van der Waals surface area contributed by atoms with Gasteiger partial charge in [0.05, 0.1) is 0 Å². The van der Waals surface area contributed by atoms with E-state index in [2.05, 4.69) is 31.1 Å².